The predicted molar refractivity (Wildman–Crippen MR) is 75.4 cm³/mol. The number of methoxy groups -OCH3 is 1. The minimum Gasteiger partial charge on any atom is -0.494 e. The highest BCUT2D eigenvalue weighted by molar-refractivity contribution is 8.13. The minimum atomic E-state index is -4.05. The van der Waals surface area contributed by atoms with Crippen LogP contribution in [0.15, 0.2) is 23.4 Å². The maximum Gasteiger partial charge on any atom is 0.296 e. The summed E-state index contributed by atoms with van der Waals surface area (Å²) in [6.07, 6.45) is 0. The summed E-state index contributed by atoms with van der Waals surface area (Å²) in [7, 11) is 2.65. The van der Waals surface area contributed by atoms with E-state index >= 15 is 0 Å². The maximum atomic E-state index is 13.8. The zero-order valence-electron chi connectivity index (χ0n) is 11.5. The van der Waals surface area contributed by atoms with Gasteiger partial charge in [-0.15, -0.1) is 10.2 Å². The van der Waals surface area contributed by atoms with Gasteiger partial charge in [0.05, 0.1) is 7.11 Å². The maximum absolute atomic E-state index is 13.8. The molecule has 0 aliphatic carbocycles. The van der Waals surface area contributed by atoms with Crippen LogP contribution >= 0.6 is 10.7 Å². The molecule has 1 aromatic carbocycles. The number of ether oxygens (including phenoxy) is 1. The monoisotopic (exact) mass is 333 g/mol. The van der Waals surface area contributed by atoms with Gasteiger partial charge < -0.3 is 4.74 Å². The summed E-state index contributed by atoms with van der Waals surface area (Å²) in [6, 6.07) is 3.92. The summed E-state index contributed by atoms with van der Waals surface area (Å²) in [5, 5.41) is 7.04. The van der Waals surface area contributed by atoms with Crippen molar-refractivity contribution >= 4 is 19.7 Å². The van der Waals surface area contributed by atoms with Crippen molar-refractivity contribution in [2.24, 2.45) is 0 Å². The molecular formula is C12H13ClFN3O3S. The Morgan fingerprint density at radius 3 is 2.48 bits per heavy atom. The lowest BCUT2D eigenvalue weighted by molar-refractivity contribution is 0.386. The minimum absolute atomic E-state index is 0.0829. The molecule has 1 heterocycles. The summed E-state index contributed by atoms with van der Waals surface area (Å²) < 4.78 is 43.0. The first-order valence-electron chi connectivity index (χ1n) is 5.99. The Bertz CT molecular complexity index is 774. The Morgan fingerprint density at radius 1 is 1.33 bits per heavy atom. The Hall–Kier alpha value is -1.67. The lowest BCUT2D eigenvalue weighted by atomic mass is 10.2. The van der Waals surface area contributed by atoms with Gasteiger partial charge in [-0.1, -0.05) is 0 Å². The molecule has 2 rings (SSSR count). The molecule has 0 N–H and O–H groups in total. The van der Waals surface area contributed by atoms with E-state index in [0.29, 0.717) is 5.56 Å². The van der Waals surface area contributed by atoms with Crippen LogP contribution in [0.25, 0.3) is 11.4 Å². The molecule has 1 aromatic heterocycles. The van der Waals surface area contributed by atoms with Crippen molar-refractivity contribution in [3.63, 3.8) is 0 Å². The molecule has 0 aliphatic rings. The van der Waals surface area contributed by atoms with Gasteiger partial charge >= 0.3 is 0 Å². The molecule has 0 saturated heterocycles. The smallest absolute Gasteiger partial charge is 0.296 e. The molecule has 0 unspecified atom stereocenters. The summed E-state index contributed by atoms with van der Waals surface area (Å²) in [6.45, 7) is 3.50. The van der Waals surface area contributed by atoms with Gasteiger partial charge in [0, 0.05) is 22.3 Å². The first kappa shape index (κ1) is 15.7. The zero-order chi connectivity index (χ0) is 15.8. The highest BCUT2D eigenvalue weighted by Crippen LogP contribution is 2.29. The molecule has 0 atom stereocenters. The first-order chi connectivity index (χ1) is 9.75. The lowest BCUT2D eigenvalue weighted by Gasteiger charge is -2.13. The van der Waals surface area contributed by atoms with Crippen molar-refractivity contribution < 1.29 is 17.5 Å². The average Bonchev–Trinajstić information content (AvgIpc) is 2.83. The van der Waals surface area contributed by atoms with E-state index in [4.69, 9.17) is 15.4 Å². The van der Waals surface area contributed by atoms with Crippen LogP contribution in [0.2, 0.25) is 0 Å². The molecule has 2 aromatic rings. The third kappa shape index (κ3) is 3.01. The van der Waals surface area contributed by atoms with Crippen LogP contribution in [-0.2, 0) is 9.05 Å². The summed E-state index contributed by atoms with van der Waals surface area (Å²) >= 11 is 0. The van der Waals surface area contributed by atoms with Gasteiger partial charge in [-0.2, -0.15) is 0 Å². The molecule has 0 amide bonds. The van der Waals surface area contributed by atoms with Crippen LogP contribution in [0.3, 0.4) is 0 Å². The average molecular weight is 334 g/mol. The fraction of sp³-hybridized carbons (Fsp3) is 0.333. The molecular weight excluding hydrogens is 321 g/mol. The van der Waals surface area contributed by atoms with Crippen molar-refractivity contribution in [2.45, 2.75) is 25.0 Å². The SMILES string of the molecule is COc1ccc(-c2nnc(S(=O)(=O)Cl)n2C(C)C)cc1F. The number of hydrogen-bond donors (Lipinski definition) is 0. The molecule has 0 saturated carbocycles. The van der Waals surface area contributed by atoms with E-state index in [0.717, 1.165) is 0 Å². The van der Waals surface area contributed by atoms with Gasteiger partial charge in [-0.3, -0.25) is 4.57 Å². The van der Waals surface area contributed by atoms with Crippen molar-refractivity contribution in [3.05, 3.63) is 24.0 Å². The van der Waals surface area contributed by atoms with Gasteiger partial charge in [-0.25, -0.2) is 12.8 Å². The predicted octanol–water partition coefficient (Wildman–Crippen LogP) is 2.60. The Labute approximate surface area is 125 Å². The van der Waals surface area contributed by atoms with Crippen molar-refractivity contribution in [2.75, 3.05) is 7.11 Å². The summed E-state index contributed by atoms with van der Waals surface area (Å²) in [4.78, 5) is 0. The van der Waals surface area contributed by atoms with Crippen LogP contribution in [0, 0.1) is 5.82 Å². The Morgan fingerprint density at radius 2 is 2.00 bits per heavy atom. The van der Waals surface area contributed by atoms with Gasteiger partial charge in [-0.05, 0) is 32.0 Å². The van der Waals surface area contributed by atoms with E-state index in [9.17, 15) is 12.8 Å². The van der Waals surface area contributed by atoms with Crippen LogP contribution in [0.4, 0.5) is 4.39 Å². The normalized spacial score (nSPS) is 11.9. The van der Waals surface area contributed by atoms with Crippen molar-refractivity contribution in [1.82, 2.24) is 14.8 Å². The first-order valence-corrected chi connectivity index (χ1v) is 8.30. The number of rotatable bonds is 4. The van der Waals surface area contributed by atoms with E-state index in [1.807, 2.05) is 0 Å². The number of hydrogen-bond acceptors (Lipinski definition) is 5. The number of nitrogens with zero attached hydrogens (tertiary/aromatic N) is 3. The second kappa shape index (κ2) is 5.61. The second-order valence-electron chi connectivity index (χ2n) is 4.56. The van der Waals surface area contributed by atoms with Gasteiger partial charge in [0.1, 0.15) is 0 Å². The molecule has 0 aliphatic heterocycles. The van der Waals surface area contributed by atoms with Gasteiger partial charge in [0.15, 0.2) is 17.4 Å². The molecule has 0 bridgehead atoms. The standard InChI is InChI=1S/C12H13ClFN3O3S/c1-7(2)17-11(15-16-12(17)21(13,18)19)8-4-5-10(20-3)9(14)6-8/h4-7H,1-3H3. The Balaban J connectivity index is 2.65. The van der Waals surface area contributed by atoms with Gasteiger partial charge in [0.25, 0.3) is 14.2 Å². The largest absolute Gasteiger partial charge is 0.494 e. The van der Waals surface area contributed by atoms with Crippen LogP contribution < -0.4 is 4.74 Å². The fourth-order valence-corrected chi connectivity index (χ4v) is 2.90. The van der Waals surface area contributed by atoms with Gasteiger partial charge in [0.2, 0.25) is 0 Å². The molecule has 0 fully saturated rings. The van der Waals surface area contributed by atoms with Crippen molar-refractivity contribution in [3.8, 4) is 17.1 Å². The highest BCUT2D eigenvalue weighted by atomic mass is 35.7. The summed E-state index contributed by atoms with van der Waals surface area (Å²) in [5.41, 5.74) is 0.376. The molecule has 114 valence electrons. The molecule has 6 nitrogen and oxygen atoms in total. The van der Waals surface area contributed by atoms with Crippen molar-refractivity contribution in [1.29, 1.82) is 0 Å². The summed E-state index contributed by atoms with van der Waals surface area (Å²) in [5.74, 6) is -0.283. The van der Waals surface area contributed by atoms with Crippen LogP contribution in [-0.4, -0.2) is 30.3 Å². The van der Waals surface area contributed by atoms with E-state index in [-0.39, 0.29) is 22.8 Å². The van der Waals surface area contributed by atoms with E-state index in [2.05, 4.69) is 10.2 Å². The second-order valence-corrected chi connectivity index (χ2v) is 7.02. The molecule has 21 heavy (non-hydrogen) atoms. The topological polar surface area (TPSA) is 74.1 Å². The van der Waals surface area contributed by atoms with E-state index in [1.54, 1.807) is 19.9 Å². The highest BCUT2D eigenvalue weighted by Gasteiger charge is 2.25. The fourth-order valence-electron chi connectivity index (χ4n) is 1.91. The Kier molecular flexibility index (Phi) is 4.20. The quantitative estimate of drug-likeness (QED) is 0.804. The van der Waals surface area contributed by atoms with E-state index in [1.165, 1.54) is 23.8 Å². The van der Waals surface area contributed by atoms with Crippen LogP contribution in [0.1, 0.15) is 19.9 Å². The van der Waals surface area contributed by atoms with Crippen LogP contribution in [0.5, 0.6) is 5.75 Å². The zero-order valence-corrected chi connectivity index (χ0v) is 13.1. The third-order valence-electron chi connectivity index (χ3n) is 2.81. The molecule has 9 heteroatoms. The number of halogens is 2. The number of benzene rings is 1. The third-order valence-corrected chi connectivity index (χ3v) is 3.94. The lowest BCUT2D eigenvalue weighted by Crippen LogP contribution is -2.10. The number of aromatic nitrogens is 3. The molecule has 0 radical (unpaired) electrons. The molecule has 0 spiro atoms. The van der Waals surface area contributed by atoms with E-state index < -0.39 is 14.9 Å².